The van der Waals surface area contributed by atoms with Gasteiger partial charge in [0.2, 0.25) is 0 Å². The molecule has 1 heterocycles. The Bertz CT molecular complexity index is 852. The summed E-state index contributed by atoms with van der Waals surface area (Å²) in [5.74, 6) is -2.75. The molecular formula is C18H17F2N3O3. The molecule has 2 aromatic carbocycles. The topological polar surface area (TPSA) is 75.5 Å². The first kappa shape index (κ1) is 17.8. The number of anilines is 2. The zero-order chi connectivity index (χ0) is 18.7. The van der Waals surface area contributed by atoms with E-state index < -0.39 is 22.5 Å². The van der Waals surface area contributed by atoms with Gasteiger partial charge in [0.05, 0.1) is 4.92 Å². The van der Waals surface area contributed by atoms with E-state index in [-0.39, 0.29) is 16.9 Å². The maximum atomic E-state index is 13.2. The molecule has 1 aliphatic rings. The molecule has 2 aromatic rings. The normalized spacial score (nSPS) is 14.2. The van der Waals surface area contributed by atoms with Crippen LogP contribution < -0.4 is 10.2 Å². The number of halogens is 2. The number of carbonyl (C=O) groups excluding carboxylic acids is 1. The van der Waals surface area contributed by atoms with Gasteiger partial charge in [0.25, 0.3) is 11.6 Å². The zero-order valence-corrected chi connectivity index (χ0v) is 13.9. The molecule has 1 fully saturated rings. The van der Waals surface area contributed by atoms with Gasteiger partial charge in [-0.2, -0.15) is 0 Å². The molecular weight excluding hydrogens is 344 g/mol. The number of carbonyl (C=O) groups is 1. The average Bonchev–Trinajstić information content (AvgIpc) is 2.65. The van der Waals surface area contributed by atoms with Crippen LogP contribution in [0.3, 0.4) is 0 Å². The first-order valence-electron chi connectivity index (χ1n) is 8.25. The van der Waals surface area contributed by atoms with Gasteiger partial charge in [-0.3, -0.25) is 14.9 Å². The smallest absolute Gasteiger partial charge is 0.293 e. The van der Waals surface area contributed by atoms with Gasteiger partial charge in [-0.05, 0) is 43.5 Å². The number of nitro groups is 1. The number of nitro benzene ring substituents is 1. The van der Waals surface area contributed by atoms with Crippen molar-refractivity contribution in [2.75, 3.05) is 23.3 Å². The number of benzene rings is 2. The van der Waals surface area contributed by atoms with Gasteiger partial charge in [-0.25, -0.2) is 8.78 Å². The van der Waals surface area contributed by atoms with Crippen LogP contribution in [-0.4, -0.2) is 23.9 Å². The van der Waals surface area contributed by atoms with E-state index in [9.17, 15) is 23.7 Å². The molecule has 0 bridgehead atoms. The third kappa shape index (κ3) is 3.79. The van der Waals surface area contributed by atoms with Crippen molar-refractivity contribution in [3.63, 3.8) is 0 Å². The van der Waals surface area contributed by atoms with Crippen LogP contribution >= 0.6 is 0 Å². The SMILES string of the molecule is O=C(Nc1ccc(F)c(F)c1)c1ccc(N2CCCCC2)c([N+](=O)[O-])c1. The van der Waals surface area contributed by atoms with Crippen molar-refractivity contribution >= 4 is 23.0 Å². The Morgan fingerprint density at radius 1 is 1.04 bits per heavy atom. The summed E-state index contributed by atoms with van der Waals surface area (Å²) in [6.07, 6.45) is 3.03. The Kier molecular flexibility index (Phi) is 5.11. The molecule has 0 saturated carbocycles. The van der Waals surface area contributed by atoms with Crippen LogP contribution in [0.5, 0.6) is 0 Å². The van der Waals surface area contributed by atoms with Gasteiger partial charge >= 0.3 is 0 Å². The zero-order valence-electron chi connectivity index (χ0n) is 13.9. The summed E-state index contributed by atoms with van der Waals surface area (Å²) in [6, 6.07) is 7.22. The van der Waals surface area contributed by atoms with Crippen LogP contribution in [0.1, 0.15) is 29.6 Å². The van der Waals surface area contributed by atoms with E-state index >= 15 is 0 Å². The highest BCUT2D eigenvalue weighted by atomic mass is 19.2. The van der Waals surface area contributed by atoms with Crippen molar-refractivity contribution in [3.05, 3.63) is 63.7 Å². The second-order valence-electron chi connectivity index (χ2n) is 6.09. The van der Waals surface area contributed by atoms with Gasteiger partial charge in [0.15, 0.2) is 11.6 Å². The molecule has 0 aromatic heterocycles. The van der Waals surface area contributed by atoms with E-state index in [0.717, 1.165) is 44.5 Å². The number of nitrogens with one attached hydrogen (secondary N) is 1. The second kappa shape index (κ2) is 7.47. The lowest BCUT2D eigenvalue weighted by molar-refractivity contribution is -0.384. The lowest BCUT2D eigenvalue weighted by Crippen LogP contribution is -2.30. The maximum absolute atomic E-state index is 13.2. The Morgan fingerprint density at radius 3 is 2.42 bits per heavy atom. The summed E-state index contributed by atoms with van der Waals surface area (Å²) in [4.78, 5) is 25.2. The Hall–Kier alpha value is -3.03. The fourth-order valence-corrected chi connectivity index (χ4v) is 2.99. The third-order valence-electron chi connectivity index (χ3n) is 4.31. The van der Waals surface area contributed by atoms with Crippen molar-refractivity contribution in [2.45, 2.75) is 19.3 Å². The summed E-state index contributed by atoms with van der Waals surface area (Å²) in [5, 5.41) is 13.8. The maximum Gasteiger partial charge on any atom is 0.293 e. The van der Waals surface area contributed by atoms with Gasteiger partial charge < -0.3 is 10.2 Å². The monoisotopic (exact) mass is 361 g/mol. The largest absolute Gasteiger partial charge is 0.366 e. The van der Waals surface area contributed by atoms with Gasteiger partial charge in [0.1, 0.15) is 5.69 Å². The highest BCUT2D eigenvalue weighted by molar-refractivity contribution is 6.05. The Morgan fingerprint density at radius 2 is 1.77 bits per heavy atom. The molecule has 3 rings (SSSR count). The molecule has 0 radical (unpaired) electrons. The number of nitrogens with zero attached hydrogens (tertiary/aromatic N) is 2. The first-order valence-corrected chi connectivity index (χ1v) is 8.25. The van der Waals surface area contributed by atoms with E-state index in [1.54, 1.807) is 6.07 Å². The van der Waals surface area contributed by atoms with E-state index in [1.165, 1.54) is 18.2 Å². The van der Waals surface area contributed by atoms with Crippen molar-refractivity contribution in [2.24, 2.45) is 0 Å². The van der Waals surface area contributed by atoms with E-state index in [2.05, 4.69) is 5.32 Å². The van der Waals surface area contributed by atoms with Crippen molar-refractivity contribution in [1.82, 2.24) is 0 Å². The molecule has 1 N–H and O–H groups in total. The summed E-state index contributed by atoms with van der Waals surface area (Å²) in [7, 11) is 0. The van der Waals surface area contributed by atoms with E-state index in [4.69, 9.17) is 0 Å². The van der Waals surface area contributed by atoms with Gasteiger partial charge in [-0.1, -0.05) is 0 Å². The number of piperidine rings is 1. The minimum atomic E-state index is -1.09. The predicted octanol–water partition coefficient (Wildman–Crippen LogP) is 4.12. The number of hydrogen-bond acceptors (Lipinski definition) is 4. The van der Waals surface area contributed by atoms with Gasteiger partial charge in [0, 0.05) is 36.5 Å². The summed E-state index contributed by atoms with van der Waals surface area (Å²) >= 11 is 0. The standard InChI is InChI=1S/C18H17F2N3O3/c19-14-6-5-13(11-15(14)20)21-18(24)12-4-7-16(17(10-12)23(25)26)22-8-2-1-3-9-22/h4-7,10-11H,1-3,8-9H2,(H,21,24). The molecule has 8 heteroatoms. The molecule has 1 saturated heterocycles. The van der Waals surface area contributed by atoms with Crippen molar-refractivity contribution < 1.29 is 18.5 Å². The van der Waals surface area contributed by atoms with Crippen molar-refractivity contribution in [1.29, 1.82) is 0 Å². The lowest BCUT2D eigenvalue weighted by atomic mass is 10.1. The molecule has 1 amide bonds. The van der Waals surface area contributed by atoms with Gasteiger partial charge in [-0.15, -0.1) is 0 Å². The number of rotatable bonds is 4. The highest BCUT2D eigenvalue weighted by Crippen LogP contribution is 2.31. The highest BCUT2D eigenvalue weighted by Gasteiger charge is 2.23. The van der Waals surface area contributed by atoms with E-state index in [1.807, 2.05) is 4.90 Å². The molecule has 0 unspecified atom stereocenters. The van der Waals surface area contributed by atoms with Crippen LogP contribution in [0.2, 0.25) is 0 Å². The molecule has 136 valence electrons. The number of hydrogen-bond donors (Lipinski definition) is 1. The summed E-state index contributed by atoms with van der Waals surface area (Å²) in [6.45, 7) is 1.47. The fraction of sp³-hybridized carbons (Fsp3) is 0.278. The van der Waals surface area contributed by atoms with Crippen LogP contribution in [0.4, 0.5) is 25.8 Å². The van der Waals surface area contributed by atoms with Crippen LogP contribution in [0.25, 0.3) is 0 Å². The minimum absolute atomic E-state index is 0.0664. The molecule has 26 heavy (non-hydrogen) atoms. The lowest BCUT2D eigenvalue weighted by Gasteiger charge is -2.28. The first-order chi connectivity index (χ1) is 12.5. The third-order valence-corrected chi connectivity index (χ3v) is 4.31. The Balaban J connectivity index is 1.85. The second-order valence-corrected chi connectivity index (χ2v) is 6.09. The molecule has 0 spiro atoms. The fourth-order valence-electron chi connectivity index (χ4n) is 2.99. The average molecular weight is 361 g/mol. The summed E-state index contributed by atoms with van der Waals surface area (Å²) in [5.41, 5.74) is 0.475. The molecule has 0 aliphatic carbocycles. The molecule has 0 atom stereocenters. The van der Waals surface area contributed by atoms with Crippen LogP contribution in [0, 0.1) is 21.7 Å². The van der Waals surface area contributed by atoms with Crippen LogP contribution in [-0.2, 0) is 0 Å². The Labute approximate surface area is 148 Å². The van der Waals surface area contributed by atoms with E-state index in [0.29, 0.717) is 5.69 Å². The van der Waals surface area contributed by atoms with Crippen molar-refractivity contribution in [3.8, 4) is 0 Å². The van der Waals surface area contributed by atoms with Crippen LogP contribution in [0.15, 0.2) is 36.4 Å². The minimum Gasteiger partial charge on any atom is -0.366 e. The molecule has 1 aliphatic heterocycles. The predicted molar refractivity (Wildman–Crippen MR) is 93.5 cm³/mol. The molecule has 6 nitrogen and oxygen atoms in total. The number of amides is 1. The summed E-state index contributed by atoms with van der Waals surface area (Å²) < 4.78 is 26.2. The quantitative estimate of drug-likeness (QED) is 0.657.